The van der Waals surface area contributed by atoms with Crippen molar-refractivity contribution in [2.75, 3.05) is 5.73 Å². The van der Waals surface area contributed by atoms with Gasteiger partial charge in [-0.2, -0.15) is 0 Å². The molecule has 1 aromatic heterocycles. The molecule has 0 spiro atoms. The zero-order chi connectivity index (χ0) is 7.84. The van der Waals surface area contributed by atoms with Crippen LogP contribution in [0.4, 0.5) is 5.82 Å². The Kier molecular flexibility index (Phi) is 1.15. The van der Waals surface area contributed by atoms with Gasteiger partial charge in [0.15, 0.2) is 0 Å². The van der Waals surface area contributed by atoms with E-state index in [2.05, 4.69) is 6.07 Å². The summed E-state index contributed by atoms with van der Waals surface area (Å²) in [6, 6.07) is 8.11. The Labute approximate surface area is 65.2 Å². The number of nitrogen functional groups attached to an aromatic ring is 1. The highest BCUT2D eigenvalue weighted by Gasteiger charge is 1.99. The van der Waals surface area contributed by atoms with Crippen molar-refractivity contribution in [2.45, 2.75) is 0 Å². The molecule has 0 aliphatic heterocycles. The summed E-state index contributed by atoms with van der Waals surface area (Å²) in [6.07, 6.45) is 2.03. The zero-order valence-corrected chi connectivity index (χ0v) is 6.41. The van der Waals surface area contributed by atoms with E-state index in [0.29, 0.717) is 0 Å². The van der Waals surface area contributed by atoms with Crippen molar-refractivity contribution in [2.24, 2.45) is 7.05 Å². The lowest BCUT2D eigenvalue weighted by molar-refractivity contribution is 0.947. The summed E-state index contributed by atoms with van der Waals surface area (Å²) in [7, 11) is 1.95. The second-order valence-corrected chi connectivity index (χ2v) is 2.71. The van der Waals surface area contributed by atoms with E-state index >= 15 is 0 Å². The Bertz CT molecular complexity index is 387. The van der Waals surface area contributed by atoms with Gasteiger partial charge in [-0.05, 0) is 0 Å². The van der Waals surface area contributed by atoms with Gasteiger partial charge in [-0.25, -0.2) is 0 Å². The number of hydrogen-bond donors (Lipinski definition) is 1. The van der Waals surface area contributed by atoms with Crippen LogP contribution in [0.25, 0.3) is 10.8 Å². The van der Waals surface area contributed by atoms with Gasteiger partial charge in [0.25, 0.3) is 0 Å². The molecule has 2 nitrogen and oxygen atoms in total. The molecule has 56 valence electrons. The van der Waals surface area contributed by atoms with E-state index in [1.165, 1.54) is 5.39 Å². The molecule has 0 aliphatic carbocycles. The highest BCUT2D eigenvalue weighted by atomic mass is 15.0. The maximum Gasteiger partial charge on any atom is 0.111 e. The number of rotatable bonds is 0. The minimum atomic E-state index is 0.834. The highest BCUT2D eigenvalue weighted by Crippen LogP contribution is 2.21. The zero-order valence-electron chi connectivity index (χ0n) is 6.41. The van der Waals surface area contributed by atoms with E-state index in [1.54, 1.807) is 0 Å². The number of benzene rings is 1. The van der Waals surface area contributed by atoms with Crippen molar-refractivity contribution in [1.29, 1.82) is 0 Å². The Balaban J connectivity index is 2.92. The molecule has 0 radical (unpaired) electrons. The molecule has 2 heteroatoms. The van der Waals surface area contributed by atoms with E-state index in [-0.39, 0.29) is 0 Å². The van der Waals surface area contributed by atoms with Crippen molar-refractivity contribution < 1.29 is 0 Å². The summed E-state index contributed by atoms with van der Waals surface area (Å²) >= 11 is 0. The normalized spacial score (nSPS) is 10.6. The number of nitrogens with zero attached hydrogens (tertiary/aromatic N) is 1. The Morgan fingerprint density at radius 2 is 2.00 bits per heavy atom. The summed E-state index contributed by atoms with van der Waals surface area (Å²) in [5.74, 6) is 0.834. The first-order valence-electron chi connectivity index (χ1n) is 3.58. The summed E-state index contributed by atoms with van der Waals surface area (Å²) in [5, 5.41) is 2.34. The van der Waals surface area contributed by atoms with Crippen molar-refractivity contribution in [3.05, 3.63) is 30.5 Å². The highest BCUT2D eigenvalue weighted by molar-refractivity contribution is 5.92. The molecule has 0 bridgehead atoms. The molecule has 2 aromatic rings. The number of fused-ring (bicyclic) bond motifs is 1. The molecule has 11 heavy (non-hydrogen) atoms. The fraction of sp³-hybridized carbons (Fsp3) is 0.111. The van der Waals surface area contributed by atoms with Crippen LogP contribution in [0.3, 0.4) is 0 Å². The van der Waals surface area contributed by atoms with E-state index in [1.807, 2.05) is 36.0 Å². The van der Waals surface area contributed by atoms with Gasteiger partial charge in [0, 0.05) is 24.0 Å². The number of aryl methyl sites for hydroxylation is 1. The average Bonchev–Trinajstić information content (AvgIpc) is 2.30. The summed E-state index contributed by atoms with van der Waals surface area (Å²) in [4.78, 5) is 0. The van der Waals surface area contributed by atoms with Crippen molar-refractivity contribution >= 4 is 16.6 Å². The second-order valence-electron chi connectivity index (χ2n) is 2.71. The number of hydrogen-bond acceptors (Lipinski definition) is 1. The fourth-order valence-electron chi connectivity index (χ4n) is 1.31. The van der Waals surface area contributed by atoms with Crippen LogP contribution in [0.15, 0.2) is 30.5 Å². The van der Waals surface area contributed by atoms with Gasteiger partial charge < -0.3 is 10.3 Å². The van der Waals surface area contributed by atoms with Crippen LogP contribution in [0.1, 0.15) is 0 Å². The summed E-state index contributed by atoms with van der Waals surface area (Å²) < 4.78 is 1.94. The van der Waals surface area contributed by atoms with E-state index in [9.17, 15) is 0 Å². The third-order valence-electron chi connectivity index (χ3n) is 1.95. The molecule has 2 rings (SSSR count). The molecule has 0 saturated carbocycles. The number of aromatic nitrogens is 1. The topological polar surface area (TPSA) is 30.9 Å². The van der Waals surface area contributed by atoms with Crippen LogP contribution in [-0.2, 0) is 7.05 Å². The van der Waals surface area contributed by atoms with Gasteiger partial charge in [-0.3, -0.25) is 0 Å². The second kappa shape index (κ2) is 2.02. The lowest BCUT2D eigenvalue weighted by atomic mass is 10.2. The maximum absolute atomic E-state index is 5.80. The van der Waals surface area contributed by atoms with Crippen LogP contribution in [-0.4, -0.2) is 4.57 Å². The SMILES string of the molecule is Cn1cc2ccccc2c1N. The maximum atomic E-state index is 5.80. The predicted molar refractivity (Wildman–Crippen MR) is 47.3 cm³/mol. The molecule has 0 atom stereocenters. The molecule has 0 unspecified atom stereocenters. The Morgan fingerprint density at radius 1 is 1.27 bits per heavy atom. The first-order chi connectivity index (χ1) is 5.29. The van der Waals surface area contributed by atoms with Crippen LogP contribution in [0.2, 0.25) is 0 Å². The van der Waals surface area contributed by atoms with Crippen molar-refractivity contribution in [3.8, 4) is 0 Å². The van der Waals surface area contributed by atoms with Crippen LogP contribution >= 0.6 is 0 Å². The van der Waals surface area contributed by atoms with Gasteiger partial charge in [0.1, 0.15) is 5.82 Å². The van der Waals surface area contributed by atoms with Gasteiger partial charge in [0.2, 0.25) is 0 Å². The van der Waals surface area contributed by atoms with E-state index in [4.69, 9.17) is 5.73 Å². The smallest absolute Gasteiger partial charge is 0.111 e. The molecule has 0 saturated heterocycles. The average molecular weight is 146 g/mol. The van der Waals surface area contributed by atoms with E-state index in [0.717, 1.165) is 11.2 Å². The number of nitrogens with two attached hydrogens (primary N) is 1. The first-order valence-corrected chi connectivity index (χ1v) is 3.58. The van der Waals surface area contributed by atoms with Crippen LogP contribution in [0.5, 0.6) is 0 Å². The van der Waals surface area contributed by atoms with Gasteiger partial charge in [0.05, 0.1) is 0 Å². The lowest BCUT2D eigenvalue weighted by Crippen LogP contribution is -1.93. The van der Waals surface area contributed by atoms with Crippen LogP contribution in [0, 0.1) is 0 Å². The quantitative estimate of drug-likeness (QED) is 0.603. The Hall–Kier alpha value is -1.44. The molecule has 0 fully saturated rings. The summed E-state index contributed by atoms with van der Waals surface area (Å²) in [6.45, 7) is 0. The Morgan fingerprint density at radius 3 is 2.73 bits per heavy atom. The molecular weight excluding hydrogens is 136 g/mol. The molecule has 1 heterocycles. The largest absolute Gasteiger partial charge is 0.385 e. The lowest BCUT2D eigenvalue weighted by Gasteiger charge is -1.93. The van der Waals surface area contributed by atoms with Gasteiger partial charge in [-0.1, -0.05) is 24.3 Å². The van der Waals surface area contributed by atoms with Gasteiger partial charge >= 0.3 is 0 Å². The third-order valence-corrected chi connectivity index (χ3v) is 1.95. The molecule has 0 aliphatic rings. The van der Waals surface area contributed by atoms with Gasteiger partial charge in [-0.15, -0.1) is 0 Å². The first kappa shape index (κ1) is 6.28. The third kappa shape index (κ3) is 0.792. The molecular formula is C9H10N2. The van der Waals surface area contributed by atoms with Crippen molar-refractivity contribution in [3.63, 3.8) is 0 Å². The molecule has 0 amide bonds. The van der Waals surface area contributed by atoms with E-state index < -0.39 is 0 Å². The fourth-order valence-corrected chi connectivity index (χ4v) is 1.31. The standard InChI is InChI=1S/C9H10N2/c1-11-6-7-4-2-3-5-8(7)9(11)10/h2-6H,10H2,1H3. The molecule has 2 N–H and O–H groups in total. The predicted octanol–water partition coefficient (Wildman–Crippen LogP) is 1.76. The van der Waals surface area contributed by atoms with Crippen LogP contribution < -0.4 is 5.73 Å². The monoisotopic (exact) mass is 146 g/mol. The minimum absolute atomic E-state index is 0.834. The summed E-state index contributed by atoms with van der Waals surface area (Å²) in [5.41, 5.74) is 5.80. The minimum Gasteiger partial charge on any atom is -0.385 e. The number of anilines is 1. The molecule has 1 aromatic carbocycles. The van der Waals surface area contributed by atoms with Crippen molar-refractivity contribution in [1.82, 2.24) is 4.57 Å².